The standard InChI is InChI=1S/C16H33O2P/c1-5-8-11-19(12-9-6-2,13-10-7-3)15(4)14-16(17)18/h15H,5-14H2,1-4H3/p+1. The van der Waals surface area contributed by atoms with E-state index in [9.17, 15) is 4.79 Å². The first-order valence-electron chi connectivity index (χ1n) is 8.10. The molecule has 0 heterocycles. The van der Waals surface area contributed by atoms with Gasteiger partial charge in [0.2, 0.25) is 0 Å². The summed E-state index contributed by atoms with van der Waals surface area (Å²) in [5.41, 5.74) is 0.412. The zero-order valence-corrected chi connectivity index (χ0v) is 14.3. The van der Waals surface area contributed by atoms with Gasteiger partial charge in [0.25, 0.3) is 0 Å². The molecule has 0 aromatic carbocycles. The first kappa shape index (κ1) is 18.9. The van der Waals surface area contributed by atoms with Crippen molar-refractivity contribution in [3.63, 3.8) is 0 Å². The summed E-state index contributed by atoms with van der Waals surface area (Å²) in [7, 11) is -1.07. The molecular weight excluding hydrogens is 255 g/mol. The van der Waals surface area contributed by atoms with E-state index in [0.29, 0.717) is 12.1 Å². The van der Waals surface area contributed by atoms with Crippen molar-refractivity contribution in [1.82, 2.24) is 0 Å². The Morgan fingerprint density at radius 2 is 1.32 bits per heavy atom. The van der Waals surface area contributed by atoms with Crippen LogP contribution in [-0.4, -0.2) is 35.2 Å². The van der Waals surface area contributed by atoms with Crippen LogP contribution in [0.3, 0.4) is 0 Å². The second-order valence-corrected chi connectivity index (χ2v) is 10.6. The smallest absolute Gasteiger partial charge is 0.307 e. The van der Waals surface area contributed by atoms with Gasteiger partial charge in [-0.1, -0.05) is 40.0 Å². The van der Waals surface area contributed by atoms with Gasteiger partial charge in [-0.25, -0.2) is 0 Å². The van der Waals surface area contributed by atoms with Crippen LogP contribution < -0.4 is 0 Å². The first-order valence-corrected chi connectivity index (χ1v) is 10.5. The number of rotatable bonds is 12. The molecular formula is C16H34O2P+. The van der Waals surface area contributed by atoms with Crippen LogP contribution >= 0.6 is 7.26 Å². The maximum Gasteiger partial charge on any atom is 0.307 e. The summed E-state index contributed by atoms with van der Waals surface area (Å²) < 4.78 is 0. The Balaban J connectivity index is 4.89. The molecule has 0 saturated carbocycles. The van der Waals surface area contributed by atoms with Gasteiger partial charge in [0.05, 0.1) is 30.6 Å². The summed E-state index contributed by atoms with van der Waals surface area (Å²) in [6.45, 7) is 8.95. The van der Waals surface area contributed by atoms with Crippen molar-refractivity contribution < 1.29 is 9.90 Å². The molecule has 0 radical (unpaired) electrons. The highest BCUT2D eigenvalue weighted by atomic mass is 31.2. The molecule has 0 aromatic heterocycles. The Morgan fingerprint density at radius 3 is 1.58 bits per heavy atom. The Bertz CT molecular complexity index is 219. The second kappa shape index (κ2) is 10.7. The third kappa shape index (κ3) is 7.30. The Labute approximate surface area is 120 Å². The van der Waals surface area contributed by atoms with Gasteiger partial charge in [0.15, 0.2) is 0 Å². The van der Waals surface area contributed by atoms with E-state index < -0.39 is 13.2 Å². The molecule has 0 aliphatic rings. The van der Waals surface area contributed by atoms with Gasteiger partial charge < -0.3 is 5.11 Å². The Hall–Kier alpha value is -0.100. The van der Waals surface area contributed by atoms with E-state index >= 15 is 0 Å². The molecule has 19 heavy (non-hydrogen) atoms. The zero-order chi connectivity index (χ0) is 14.7. The molecule has 0 aromatic rings. The Morgan fingerprint density at radius 1 is 0.947 bits per heavy atom. The quantitative estimate of drug-likeness (QED) is 0.497. The van der Waals surface area contributed by atoms with Crippen molar-refractivity contribution >= 4 is 13.2 Å². The van der Waals surface area contributed by atoms with Gasteiger partial charge in [-0.05, 0) is 26.2 Å². The van der Waals surface area contributed by atoms with Crippen molar-refractivity contribution in [2.75, 3.05) is 18.5 Å². The number of carbonyl (C=O) groups is 1. The van der Waals surface area contributed by atoms with Crippen molar-refractivity contribution in [3.05, 3.63) is 0 Å². The van der Waals surface area contributed by atoms with Crippen LogP contribution in [0.4, 0.5) is 0 Å². The fourth-order valence-electron chi connectivity index (χ4n) is 2.86. The average Bonchev–Trinajstić information content (AvgIpc) is 2.37. The van der Waals surface area contributed by atoms with E-state index in [1.54, 1.807) is 0 Å². The van der Waals surface area contributed by atoms with Crippen molar-refractivity contribution in [2.45, 2.75) is 78.3 Å². The second-order valence-electron chi connectivity index (χ2n) is 5.90. The molecule has 3 heteroatoms. The van der Waals surface area contributed by atoms with E-state index in [0.717, 1.165) is 0 Å². The summed E-state index contributed by atoms with van der Waals surface area (Å²) in [5, 5.41) is 9.14. The highest BCUT2D eigenvalue weighted by molar-refractivity contribution is 7.76. The summed E-state index contributed by atoms with van der Waals surface area (Å²) in [4.78, 5) is 11.1. The van der Waals surface area contributed by atoms with Crippen LogP contribution in [0.15, 0.2) is 0 Å². The van der Waals surface area contributed by atoms with E-state index in [1.165, 1.54) is 57.0 Å². The summed E-state index contributed by atoms with van der Waals surface area (Å²) in [6.07, 6.45) is 11.9. The third-order valence-electron chi connectivity index (χ3n) is 4.28. The normalized spacial score (nSPS) is 13.5. The maximum atomic E-state index is 11.1. The van der Waals surface area contributed by atoms with Gasteiger partial charge in [-0.3, -0.25) is 4.79 Å². The average molecular weight is 289 g/mol. The van der Waals surface area contributed by atoms with Gasteiger partial charge in [0.1, 0.15) is 0 Å². The molecule has 0 aliphatic carbocycles. The van der Waals surface area contributed by atoms with Crippen LogP contribution in [0.1, 0.15) is 72.6 Å². The largest absolute Gasteiger partial charge is 0.481 e. The fourth-order valence-corrected chi connectivity index (χ4v) is 8.24. The maximum absolute atomic E-state index is 11.1. The van der Waals surface area contributed by atoms with Crippen LogP contribution in [0, 0.1) is 0 Å². The van der Waals surface area contributed by atoms with Crippen LogP contribution in [0.2, 0.25) is 0 Å². The minimum atomic E-state index is -1.07. The van der Waals surface area contributed by atoms with E-state index in [-0.39, 0.29) is 0 Å². The molecule has 0 fully saturated rings. The van der Waals surface area contributed by atoms with Gasteiger partial charge in [-0.2, -0.15) is 0 Å². The SMILES string of the molecule is CCCC[P+](CCCC)(CCCC)C(C)CC(=O)O. The Kier molecular flexibility index (Phi) is 10.6. The fraction of sp³-hybridized carbons (Fsp3) is 0.938. The predicted octanol–water partition coefficient (Wildman–Crippen LogP) is 5.27. The highest BCUT2D eigenvalue weighted by Crippen LogP contribution is 2.65. The molecule has 0 aliphatic heterocycles. The van der Waals surface area contributed by atoms with Crippen molar-refractivity contribution in [1.29, 1.82) is 0 Å². The lowest BCUT2D eigenvalue weighted by atomic mass is 10.3. The highest BCUT2D eigenvalue weighted by Gasteiger charge is 2.42. The third-order valence-corrected chi connectivity index (χ3v) is 9.95. The number of carboxylic acid groups (broad SMARTS) is 1. The summed E-state index contributed by atoms with van der Waals surface area (Å²) >= 11 is 0. The topological polar surface area (TPSA) is 37.3 Å². The summed E-state index contributed by atoms with van der Waals surface area (Å²) in [5.74, 6) is -0.610. The number of hydrogen-bond donors (Lipinski definition) is 1. The lowest BCUT2D eigenvalue weighted by Gasteiger charge is -2.33. The molecule has 0 spiro atoms. The molecule has 2 nitrogen and oxygen atoms in total. The molecule has 1 unspecified atom stereocenters. The molecule has 0 saturated heterocycles. The molecule has 1 N–H and O–H groups in total. The number of carboxylic acids is 1. The molecule has 114 valence electrons. The van der Waals surface area contributed by atoms with E-state index in [2.05, 4.69) is 27.7 Å². The minimum absolute atomic E-state index is 0.380. The number of aliphatic carboxylic acids is 1. The van der Waals surface area contributed by atoms with E-state index in [4.69, 9.17) is 5.11 Å². The lowest BCUT2D eigenvalue weighted by Crippen LogP contribution is -2.22. The van der Waals surface area contributed by atoms with Crippen LogP contribution in [-0.2, 0) is 4.79 Å². The van der Waals surface area contributed by atoms with Crippen molar-refractivity contribution in [2.24, 2.45) is 0 Å². The van der Waals surface area contributed by atoms with Crippen molar-refractivity contribution in [3.8, 4) is 0 Å². The van der Waals surface area contributed by atoms with Crippen LogP contribution in [0.25, 0.3) is 0 Å². The minimum Gasteiger partial charge on any atom is -0.481 e. The molecule has 0 amide bonds. The number of hydrogen-bond acceptors (Lipinski definition) is 1. The summed E-state index contributed by atoms with van der Waals surface area (Å²) in [6, 6.07) is 0. The number of unbranched alkanes of at least 4 members (excludes halogenated alkanes) is 3. The zero-order valence-electron chi connectivity index (χ0n) is 13.5. The molecule has 0 rings (SSSR count). The van der Waals surface area contributed by atoms with E-state index in [1.807, 2.05) is 0 Å². The van der Waals surface area contributed by atoms with Gasteiger partial charge in [0, 0.05) is 7.26 Å². The first-order chi connectivity index (χ1) is 9.02. The molecule has 1 atom stereocenters. The monoisotopic (exact) mass is 289 g/mol. The van der Waals surface area contributed by atoms with Gasteiger partial charge in [-0.15, -0.1) is 0 Å². The lowest BCUT2D eigenvalue weighted by molar-refractivity contribution is -0.136. The predicted molar refractivity (Wildman–Crippen MR) is 88.0 cm³/mol. The van der Waals surface area contributed by atoms with Gasteiger partial charge >= 0.3 is 5.97 Å². The van der Waals surface area contributed by atoms with Crippen LogP contribution in [0.5, 0.6) is 0 Å². The molecule has 0 bridgehead atoms.